The first-order valence-corrected chi connectivity index (χ1v) is 23.1. The largest absolute Gasteiger partial charge is 0.377 e. The number of amides is 4. The smallest absolute Gasteiger partial charge is 0.253 e. The van der Waals surface area contributed by atoms with Gasteiger partial charge in [0.15, 0.2) is 0 Å². The van der Waals surface area contributed by atoms with Crippen molar-refractivity contribution >= 4 is 45.2 Å². The molecule has 0 aromatic heterocycles. The normalized spacial score (nSPS) is 15.2. The van der Waals surface area contributed by atoms with Gasteiger partial charge in [-0.15, -0.1) is 0 Å². The maximum Gasteiger partial charge on any atom is 0.253 e. The van der Waals surface area contributed by atoms with Crippen molar-refractivity contribution in [3.8, 4) is 0 Å². The van der Waals surface area contributed by atoms with Crippen molar-refractivity contribution in [3.63, 3.8) is 0 Å². The van der Waals surface area contributed by atoms with Crippen molar-refractivity contribution < 1.29 is 71.3 Å². The van der Waals surface area contributed by atoms with E-state index >= 15 is 0 Å². The molecule has 2 aliphatic heterocycles. The molecule has 1 saturated heterocycles. The second-order valence-corrected chi connectivity index (χ2v) is 15.7. The number of imide groups is 1. The zero-order valence-corrected chi connectivity index (χ0v) is 36.4. The van der Waals surface area contributed by atoms with Crippen LogP contribution >= 0.6 is 21.6 Å². The van der Waals surface area contributed by atoms with Crippen LogP contribution in [0.5, 0.6) is 0 Å². The van der Waals surface area contributed by atoms with Gasteiger partial charge in [0, 0.05) is 55.6 Å². The highest BCUT2D eigenvalue weighted by Gasteiger charge is 2.23. The molecule has 0 aromatic carbocycles. The number of unbranched alkanes of at least 4 members (excludes halogenated alkanes) is 1. The summed E-state index contributed by atoms with van der Waals surface area (Å²) in [6.07, 6.45) is 7.62. The Morgan fingerprint density at radius 3 is 1.19 bits per heavy atom. The summed E-state index contributed by atoms with van der Waals surface area (Å²) in [5.74, 6) is 0.308. The Bertz CT molecular complexity index is 1070. The lowest BCUT2D eigenvalue weighted by Crippen LogP contribution is -2.35. The zero-order chi connectivity index (χ0) is 42.1. The highest BCUT2D eigenvalue weighted by Crippen LogP contribution is 2.39. The third-order valence-corrected chi connectivity index (χ3v) is 11.2. The lowest BCUT2D eigenvalue weighted by molar-refractivity contribution is -0.137. The number of rotatable bonds is 44. The number of carbonyl (C=O) groups is 4. The Hall–Kier alpha value is -1.92. The van der Waals surface area contributed by atoms with E-state index in [1.807, 2.05) is 21.6 Å². The number of ether oxygens (including phenoxy) is 11. The van der Waals surface area contributed by atoms with E-state index < -0.39 is 11.8 Å². The number of hydrogen-bond acceptors (Lipinski definition) is 17. The van der Waals surface area contributed by atoms with Gasteiger partial charge in [-0.1, -0.05) is 28.0 Å². The standard InChI is InChI=1S/C39H69N3O15S2/c43-36(4-2-1-3-35-8-34-58-59-35)40-9-12-47-14-16-49-18-20-51-22-24-53-26-28-55-30-32-57-33-31-56-29-27-54-25-23-52-21-19-50-17-15-48-13-10-41-37(44)7-11-42-38(45)5-6-39(42)46/h5-6,35H,1-4,7-34H2,(H,40,43)(H,41,44)/t35-/m0/s1. The SMILES string of the molecule is O=C(CCCC[C@H]1CCSS1)NCCOCCOCCOCCOCCOCCOCCOCCOCCOCCOCCOCCNC(=O)CCN1C(=O)C=CC1=O. The number of nitrogens with zero attached hydrogens (tertiary/aromatic N) is 1. The summed E-state index contributed by atoms with van der Waals surface area (Å²) >= 11 is 0. The van der Waals surface area contributed by atoms with Crippen LogP contribution in [0.4, 0.5) is 0 Å². The third-order valence-electron chi connectivity index (χ3n) is 8.23. The zero-order valence-electron chi connectivity index (χ0n) is 34.7. The molecular formula is C39H69N3O15S2. The molecule has 2 rings (SSSR count). The topological polar surface area (TPSA) is 197 Å². The van der Waals surface area contributed by atoms with E-state index in [9.17, 15) is 19.2 Å². The van der Waals surface area contributed by atoms with Gasteiger partial charge in [-0.05, 0) is 19.3 Å². The number of carbonyl (C=O) groups excluding carboxylic acids is 4. The van der Waals surface area contributed by atoms with E-state index in [4.69, 9.17) is 52.1 Å². The Balaban J connectivity index is 1.13. The van der Waals surface area contributed by atoms with E-state index in [-0.39, 0.29) is 24.8 Å². The molecule has 2 aliphatic rings. The second-order valence-electron chi connectivity index (χ2n) is 12.9. The molecular weight excluding hydrogens is 815 g/mol. The van der Waals surface area contributed by atoms with Crippen LogP contribution in [-0.2, 0) is 71.3 Å². The van der Waals surface area contributed by atoms with Crippen molar-refractivity contribution in [1.29, 1.82) is 0 Å². The fourth-order valence-electron chi connectivity index (χ4n) is 5.09. The summed E-state index contributed by atoms with van der Waals surface area (Å²) in [5, 5.41) is 6.37. The van der Waals surface area contributed by atoms with Gasteiger partial charge >= 0.3 is 0 Å². The van der Waals surface area contributed by atoms with E-state index in [0.29, 0.717) is 165 Å². The highest BCUT2D eigenvalue weighted by molar-refractivity contribution is 8.77. The van der Waals surface area contributed by atoms with Gasteiger partial charge in [0.2, 0.25) is 11.8 Å². The second kappa shape index (κ2) is 40.2. The van der Waals surface area contributed by atoms with Gasteiger partial charge in [0.25, 0.3) is 11.8 Å². The fourth-order valence-corrected chi connectivity index (χ4v) is 8.12. The van der Waals surface area contributed by atoms with Gasteiger partial charge in [0.1, 0.15) is 0 Å². The Kier molecular flexibility index (Phi) is 36.2. The first-order chi connectivity index (χ1) is 29.1. The highest BCUT2D eigenvalue weighted by atomic mass is 33.1. The quantitative estimate of drug-likeness (QED) is 0.0506. The van der Waals surface area contributed by atoms with Crippen LogP contribution in [0.15, 0.2) is 12.2 Å². The lowest BCUT2D eigenvalue weighted by atomic mass is 10.1. The van der Waals surface area contributed by atoms with Crippen molar-refractivity contribution in [2.75, 3.05) is 171 Å². The minimum absolute atomic E-state index is 0.0499. The molecule has 0 saturated carbocycles. The maximum atomic E-state index is 11.9. The van der Waals surface area contributed by atoms with Crippen molar-refractivity contribution in [1.82, 2.24) is 15.5 Å². The first kappa shape index (κ1) is 53.2. The molecule has 59 heavy (non-hydrogen) atoms. The molecule has 0 spiro atoms. The van der Waals surface area contributed by atoms with E-state index in [2.05, 4.69) is 10.6 Å². The predicted octanol–water partition coefficient (Wildman–Crippen LogP) is 1.43. The average molecular weight is 884 g/mol. The summed E-state index contributed by atoms with van der Waals surface area (Å²) < 4.78 is 60.2. The molecule has 0 radical (unpaired) electrons. The Morgan fingerprint density at radius 2 is 0.847 bits per heavy atom. The van der Waals surface area contributed by atoms with Crippen LogP contribution in [0.3, 0.4) is 0 Å². The van der Waals surface area contributed by atoms with E-state index in [1.165, 1.54) is 30.7 Å². The lowest BCUT2D eigenvalue weighted by Gasteiger charge is -2.13. The van der Waals surface area contributed by atoms with E-state index in [1.54, 1.807) is 0 Å². The fraction of sp³-hybridized carbons (Fsp3) is 0.846. The molecule has 2 N–H and O–H groups in total. The van der Waals surface area contributed by atoms with Crippen LogP contribution in [0, 0.1) is 0 Å². The number of nitrogens with one attached hydrogen (secondary N) is 2. The molecule has 342 valence electrons. The minimum atomic E-state index is -0.399. The monoisotopic (exact) mass is 883 g/mol. The van der Waals surface area contributed by atoms with Crippen LogP contribution in [0.1, 0.15) is 38.5 Å². The first-order valence-electron chi connectivity index (χ1n) is 20.8. The van der Waals surface area contributed by atoms with Crippen molar-refractivity contribution in [2.24, 2.45) is 0 Å². The molecule has 0 unspecified atom stereocenters. The van der Waals surface area contributed by atoms with Crippen LogP contribution in [0.25, 0.3) is 0 Å². The average Bonchev–Trinajstić information content (AvgIpc) is 3.88. The minimum Gasteiger partial charge on any atom is -0.377 e. The summed E-state index contributed by atoms with van der Waals surface area (Å²) in [6, 6.07) is 0. The maximum absolute atomic E-state index is 11.9. The molecule has 20 heteroatoms. The van der Waals surface area contributed by atoms with Crippen molar-refractivity contribution in [3.05, 3.63) is 12.2 Å². The molecule has 0 aliphatic carbocycles. The predicted molar refractivity (Wildman–Crippen MR) is 222 cm³/mol. The van der Waals surface area contributed by atoms with Crippen LogP contribution in [0.2, 0.25) is 0 Å². The third kappa shape index (κ3) is 33.4. The molecule has 0 bridgehead atoms. The number of hydrogen-bond donors (Lipinski definition) is 2. The van der Waals surface area contributed by atoms with Gasteiger partial charge in [-0.25, -0.2) is 0 Å². The molecule has 1 atom stereocenters. The van der Waals surface area contributed by atoms with Gasteiger partial charge in [0.05, 0.1) is 145 Å². The summed E-state index contributed by atoms with van der Waals surface area (Å²) in [7, 11) is 3.96. The molecule has 0 aromatic rings. The Labute approximate surface area is 357 Å². The van der Waals surface area contributed by atoms with Crippen molar-refractivity contribution in [2.45, 2.75) is 43.8 Å². The summed E-state index contributed by atoms with van der Waals surface area (Å²) in [5.41, 5.74) is 0. The van der Waals surface area contributed by atoms with Crippen LogP contribution < -0.4 is 10.6 Å². The van der Waals surface area contributed by atoms with Gasteiger partial charge in [-0.3, -0.25) is 24.1 Å². The van der Waals surface area contributed by atoms with Crippen LogP contribution in [-0.4, -0.2) is 205 Å². The van der Waals surface area contributed by atoms with E-state index in [0.717, 1.165) is 23.0 Å². The molecule has 1 fully saturated rings. The summed E-state index contributed by atoms with van der Waals surface area (Å²) in [4.78, 5) is 47.7. The Morgan fingerprint density at radius 1 is 0.508 bits per heavy atom. The molecule has 2 heterocycles. The van der Waals surface area contributed by atoms with Gasteiger partial charge < -0.3 is 62.7 Å². The van der Waals surface area contributed by atoms with Gasteiger partial charge in [-0.2, -0.15) is 0 Å². The molecule has 4 amide bonds. The summed E-state index contributed by atoms with van der Waals surface area (Å²) in [6.45, 7) is 11.0. The molecule has 18 nitrogen and oxygen atoms in total.